The first-order valence-electron chi connectivity index (χ1n) is 7.09. The van der Waals surface area contributed by atoms with Crippen LogP contribution in [0.3, 0.4) is 0 Å². The van der Waals surface area contributed by atoms with Crippen molar-refractivity contribution < 1.29 is 9.18 Å². The molecule has 0 aliphatic carbocycles. The Balaban J connectivity index is 1.89. The molecule has 1 heterocycles. The van der Waals surface area contributed by atoms with Crippen LogP contribution < -0.4 is 10.2 Å². The average molecular weight is 296 g/mol. The van der Waals surface area contributed by atoms with Crippen molar-refractivity contribution in [1.29, 1.82) is 0 Å². The van der Waals surface area contributed by atoms with Gasteiger partial charge in [-0.3, -0.25) is 4.79 Å². The fourth-order valence-corrected chi connectivity index (χ4v) is 3.46. The minimum Gasteiger partial charge on any atom is -0.317 e. The number of halogens is 1. The van der Waals surface area contributed by atoms with Crippen LogP contribution in [0.2, 0.25) is 0 Å². The lowest BCUT2D eigenvalue weighted by Gasteiger charge is -2.24. The van der Waals surface area contributed by atoms with E-state index in [0.29, 0.717) is 17.5 Å². The van der Waals surface area contributed by atoms with Gasteiger partial charge in [-0.05, 0) is 57.1 Å². The summed E-state index contributed by atoms with van der Waals surface area (Å²) >= 11 is 1.74. The molecule has 0 unspecified atom stereocenters. The summed E-state index contributed by atoms with van der Waals surface area (Å²) in [5, 5.41) is 3.90. The molecule has 0 spiro atoms. The van der Waals surface area contributed by atoms with Crippen LogP contribution in [0.5, 0.6) is 0 Å². The maximum atomic E-state index is 12.9. The fraction of sp³-hybridized carbons (Fsp3) is 0.533. The molecule has 1 aromatic carbocycles. The molecule has 110 valence electrons. The number of hydrogen-bond acceptors (Lipinski definition) is 3. The van der Waals surface area contributed by atoms with E-state index in [1.165, 1.54) is 12.1 Å². The highest BCUT2D eigenvalue weighted by atomic mass is 32.2. The van der Waals surface area contributed by atoms with Gasteiger partial charge in [0.2, 0.25) is 5.91 Å². The highest BCUT2D eigenvalue weighted by Crippen LogP contribution is 2.22. The number of amides is 1. The number of benzene rings is 1. The van der Waals surface area contributed by atoms with Crippen molar-refractivity contribution in [2.24, 2.45) is 0 Å². The summed E-state index contributed by atoms with van der Waals surface area (Å²) < 4.78 is 12.9. The van der Waals surface area contributed by atoms with Gasteiger partial charge in [0, 0.05) is 17.5 Å². The molecule has 1 aromatic rings. The number of hydrogen-bond donors (Lipinski definition) is 1. The van der Waals surface area contributed by atoms with Crippen molar-refractivity contribution in [2.75, 3.05) is 30.3 Å². The number of nitrogens with one attached hydrogen (secondary N) is 1. The fourth-order valence-electron chi connectivity index (χ4n) is 2.35. The molecule has 0 bridgehead atoms. The molecule has 1 N–H and O–H groups in total. The zero-order chi connectivity index (χ0) is 14.4. The van der Waals surface area contributed by atoms with Crippen LogP contribution in [0, 0.1) is 5.82 Å². The van der Waals surface area contributed by atoms with E-state index < -0.39 is 0 Å². The minimum absolute atomic E-state index is 0.0997. The molecule has 0 atom stereocenters. The summed E-state index contributed by atoms with van der Waals surface area (Å²) in [6.07, 6.45) is 2.25. The molecule has 0 aromatic heterocycles. The maximum absolute atomic E-state index is 12.9. The second kappa shape index (κ2) is 7.64. The molecule has 20 heavy (non-hydrogen) atoms. The van der Waals surface area contributed by atoms with Gasteiger partial charge in [-0.1, -0.05) is 0 Å². The van der Waals surface area contributed by atoms with Gasteiger partial charge in [0.1, 0.15) is 5.82 Å². The lowest BCUT2D eigenvalue weighted by molar-refractivity contribution is -0.116. The number of carbonyl (C=O) groups is 1. The summed E-state index contributed by atoms with van der Waals surface area (Å²) in [7, 11) is 0. The zero-order valence-electron chi connectivity index (χ0n) is 11.8. The SMILES string of the molecule is CCN(C(=O)CSC1CCNCC1)c1ccc(F)cc1. The predicted molar refractivity (Wildman–Crippen MR) is 82.8 cm³/mol. The van der Waals surface area contributed by atoms with Crippen LogP contribution in [-0.4, -0.2) is 36.5 Å². The van der Waals surface area contributed by atoms with Crippen LogP contribution in [-0.2, 0) is 4.79 Å². The third-order valence-electron chi connectivity index (χ3n) is 3.48. The Kier molecular flexibility index (Phi) is 5.86. The van der Waals surface area contributed by atoms with Crippen molar-refractivity contribution in [1.82, 2.24) is 5.32 Å². The molecule has 1 saturated heterocycles. The van der Waals surface area contributed by atoms with Crippen molar-refractivity contribution >= 4 is 23.4 Å². The molecule has 0 radical (unpaired) electrons. The van der Waals surface area contributed by atoms with Gasteiger partial charge in [0.25, 0.3) is 0 Å². The van der Waals surface area contributed by atoms with Gasteiger partial charge < -0.3 is 10.2 Å². The van der Waals surface area contributed by atoms with Crippen LogP contribution in [0.4, 0.5) is 10.1 Å². The Morgan fingerprint density at radius 3 is 2.60 bits per heavy atom. The number of carbonyl (C=O) groups excluding carboxylic acids is 1. The van der Waals surface area contributed by atoms with Gasteiger partial charge in [-0.15, -0.1) is 11.8 Å². The third kappa shape index (κ3) is 4.21. The Morgan fingerprint density at radius 2 is 2.00 bits per heavy atom. The van der Waals surface area contributed by atoms with Crippen molar-refractivity contribution in [2.45, 2.75) is 25.0 Å². The lowest BCUT2D eigenvalue weighted by Crippen LogP contribution is -2.34. The Bertz CT molecular complexity index is 432. The first-order chi connectivity index (χ1) is 9.70. The molecular weight excluding hydrogens is 275 g/mol. The molecule has 1 fully saturated rings. The van der Waals surface area contributed by atoms with E-state index in [0.717, 1.165) is 31.6 Å². The average Bonchev–Trinajstić information content (AvgIpc) is 2.49. The van der Waals surface area contributed by atoms with Gasteiger partial charge >= 0.3 is 0 Å². The van der Waals surface area contributed by atoms with Gasteiger partial charge in [-0.2, -0.15) is 0 Å². The lowest BCUT2D eigenvalue weighted by atomic mass is 10.2. The van der Waals surface area contributed by atoms with Crippen molar-refractivity contribution in [3.8, 4) is 0 Å². The number of piperidine rings is 1. The summed E-state index contributed by atoms with van der Waals surface area (Å²) in [4.78, 5) is 14.0. The second-order valence-corrected chi connectivity index (χ2v) is 6.16. The second-order valence-electron chi connectivity index (χ2n) is 4.87. The van der Waals surface area contributed by atoms with Crippen LogP contribution in [0.15, 0.2) is 24.3 Å². The standard InChI is InChI=1S/C15H21FN2OS/c1-2-18(13-5-3-12(16)4-6-13)15(19)11-20-14-7-9-17-10-8-14/h3-6,14,17H,2,7-11H2,1H3. The molecule has 1 aliphatic heterocycles. The Morgan fingerprint density at radius 1 is 1.35 bits per heavy atom. The summed E-state index contributed by atoms with van der Waals surface area (Å²) in [6, 6.07) is 6.11. The van der Waals surface area contributed by atoms with E-state index in [1.54, 1.807) is 28.8 Å². The van der Waals surface area contributed by atoms with E-state index >= 15 is 0 Å². The van der Waals surface area contributed by atoms with E-state index in [-0.39, 0.29) is 11.7 Å². The van der Waals surface area contributed by atoms with Gasteiger partial charge in [-0.25, -0.2) is 4.39 Å². The van der Waals surface area contributed by atoms with Crippen molar-refractivity contribution in [3.05, 3.63) is 30.1 Å². The smallest absolute Gasteiger partial charge is 0.236 e. The molecule has 3 nitrogen and oxygen atoms in total. The first-order valence-corrected chi connectivity index (χ1v) is 8.14. The topological polar surface area (TPSA) is 32.3 Å². The number of nitrogens with zero attached hydrogens (tertiary/aromatic N) is 1. The van der Waals surface area contributed by atoms with Crippen molar-refractivity contribution in [3.63, 3.8) is 0 Å². The normalized spacial score (nSPS) is 16.1. The van der Waals surface area contributed by atoms with E-state index in [1.807, 2.05) is 6.92 Å². The third-order valence-corrected chi connectivity index (χ3v) is 4.84. The quantitative estimate of drug-likeness (QED) is 0.906. The van der Waals surface area contributed by atoms with E-state index in [4.69, 9.17) is 0 Å². The summed E-state index contributed by atoms with van der Waals surface area (Å²) in [5.74, 6) is 0.319. The molecule has 2 rings (SSSR count). The van der Waals surface area contributed by atoms with Crippen LogP contribution in [0.25, 0.3) is 0 Å². The van der Waals surface area contributed by atoms with Gasteiger partial charge in [0.05, 0.1) is 5.75 Å². The molecule has 1 amide bonds. The Hall–Kier alpha value is -1.07. The predicted octanol–water partition coefficient (Wildman–Crippen LogP) is 2.66. The minimum atomic E-state index is -0.277. The number of rotatable bonds is 5. The van der Waals surface area contributed by atoms with E-state index in [2.05, 4.69) is 5.32 Å². The number of anilines is 1. The number of thioether (sulfide) groups is 1. The van der Waals surface area contributed by atoms with Crippen LogP contribution in [0.1, 0.15) is 19.8 Å². The largest absolute Gasteiger partial charge is 0.317 e. The molecular formula is C15H21FN2OS. The van der Waals surface area contributed by atoms with E-state index in [9.17, 15) is 9.18 Å². The zero-order valence-corrected chi connectivity index (χ0v) is 12.6. The van der Waals surface area contributed by atoms with Gasteiger partial charge in [0.15, 0.2) is 0 Å². The van der Waals surface area contributed by atoms with Crippen LogP contribution >= 0.6 is 11.8 Å². The molecule has 5 heteroatoms. The maximum Gasteiger partial charge on any atom is 0.236 e. The Labute approximate surface area is 123 Å². The summed E-state index contributed by atoms with van der Waals surface area (Å²) in [5.41, 5.74) is 0.768. The summed E-state index contributed by atoms with van der Waals surface area (Å²) in [6.45, 7) is 4.64. The first kappa shape index (κ1) is 15.3. The molecule has 1 aliphatic rings. The highest BCUT2D eigenvalue weighted by molar-refractivity contribution is 8.00. The molecule has 0 saturated carbocycles. The monoisotopic (exact) mass is 296 g/mol. The highest BCUT2D eigenvalue weighted by Gasteiger charge is 2.18.